The maximum Gasteiger partial charge on any atom is 0.270 e. The predicted octanol–water partition coefficient (Wildman–Crippen LogP) is -0.750. The summed E-state index contributed by atoms with van der Waals surface area (Å²) < 4.78 is 73.3. The second-order valence-electron chi connectivity index (χ2n) is 3.77. The molecule has 1 rings (SSSR count). The van der Waals surface area contributed by atoms with Gasteiger partial charge in [0.2, 0.25) is 10.0 Å². The third kappa shape index (κ3) is 20.4. The molecule has 1 aromatic carbocycles. The number of benzene rings is 1. The van der Waals surface area contributed by atoms with Crippen molar-refractivity contribution in [3.63, 3.8) is 0 Å². The molecule has 0 atom stereocenters. The van der Waals surface area contributed by atoms with Gasteiger partial charge in [-0.2, -0.15) is 16.8 Å². The molecule has 134 valence electrons. The van der Waals surface area contributed by atoms with E-state index in [0.29, 0.717) is 12.5 Å². The number of nitro benzene ring substituents is 1. The summed E-state index contributed by atoms with van der Waals surface area (Å²) in [5, 5.41) is 15.0. The topological polar surface area (TPSA) is 212 Å². The first kappa shape index (κ1) is 23.6. The molecule has 1 aromatic rings. The highest BCUT2D eigenvalue weighted by Gasteiger charge is 2.12. The highest BCUT2D eigenvalue weighted by molar-refractivity contribution is 7.89. The van der Waals surface area contributed by atoms with Crippen LogP contribution in [0.4, 0.5) is 5.69 Å². The molecule has 15 heteroatoms. The van der Waals surface area contributed by atoms with Gasteiger partial charge in [-0.05, 0) is 6.07 Å². The Kier molecular flexibility index (Phi) is 9.08. The van der Waals surface area contributed by atoms with Crippen LogP contribution in [-0.4, -0.2) is 51.8 Å². The smallest absolute Gasteiger partial charge is 0.270 e. The summed E-state index contributed by atoms with van der Waals surface area (Å²) in [5.41, 5.74) is -0.300. The highest BCUT2D eigenvalue weighted by atomic mass is 32.2. The Bertz CT molecular complexity index is 796. The van der Waals surface area contributed by atoms with Crippen molar-refractivity contribution < 1.29 is 39.3 Å². The van der Waals surface area contributed by atoms with E-state index in [4.69, 9.17) is 14.2 Å². The van der Waals surface area contributed by atoms with Gasteiger partial charge in [-0.15, -0.1) is 0 Å². The van der Waals surface area contributed by atoms with Crippen LogP contribution >= 0.6 is 0 Å². The Labute approximate surface area is 132 Å². The number of hydrogen-bond donors (Lipinski definition) is 3. The van der Waals surface area contributed by atoms with E-state index in [0.717, 1.165) is 6.07 Å². The molecule has 12 nitrogen and oxygen atoms in total. The van der Waals surface area contributed by atoms with Crippen LogP contribution in [0.2, 0.25) is 0 Å². The lowest BCUT2D eigenvalue weighted by atomic mass is 10.3. The third-order valence-electron chi connectivity index (χ3n) is 1.36. The van der Waals surface area contributed by atoms with Crippen LogP contribution in [0.1, 0.15) is 0 Å². The van der Waals surface area contributed by atoms with Gasteiger partial charge in [0.05, 0.1) is 22.3 Å². The molecule has 0 saturated carbocycles. The van der Waals surface area contributed by atoms with E-state index in [-0.39, 0.29) is 10.6 Å². The Morgan fingerprint density at radius 3 is 1.61 bits per heavy atom. The molecule has 0 aromatic heterocycles. The Morgan fingerprint density at radius 1 is 1.00 bits per heavy atom. The van der Waals surface area contributed by atoms with Crippen molar-refractivity contribution in [3.05, 3.63) is 34.4 Å². The minimum absolute atomic E-state index is 0.262. The quantitative estimate of drug-likeness (QED) is 0.324. The second-order valence-corrected chi connectivity index (χ2v) is 8.26. The van der Waals surface area contributed by atoms with Crippen molar-refractivity contribution in [2.45, 2.75) is 4.90 Å². The zero-order chi connectivity index (χ0) is 19.1. The molecule has 0 spiro atoms. The molecule has 0 aliphatic rings. The number of nitrogens with two attached hydrogens (primary N) is 1. The maximum atomic E-state index is 10.8. The first-order chi connectivity index (χ1) is 9.91. The fraction of sp³-hybridized carbons (Fsp3) is 0.250. The van der Waals surface area contributed by atoms with E-state index in [1.165, 1.54) is 18.2 Å². The SMILES string of the molecule is CS(=O)(=O)O.CS(=O)(=O)O.NS(=O)(=O)c1cccc([N+](=O)[O-])c1. The Balaban J connectivity index is 0. The average Bonchev–Trinajstić information content (AvgIpc) is 2.23. The van der Waals surface area contributed by atoms with E-state index in [9.17, 15) is 35.4 Å². The monoisotopic (exact) mass is 394 g/mol. The van der Waals surface area contributed by atoms with Gasteiger partial charge in [-0.25, -0.2) is 13.6 Å². The van der Waals surface area contributed by atoms with Gasteiger partial charge < -0.3 is 0 Å². The van der Waals surface area contributed by atoms with E-state index < -0.39 is 35.2 Å². The summed E-state index contributed by atoms with van der Waals surface area (Å²) in [5.74, 6) is 0. The molecule has 4 N–H and O–H groups in total. The van der Waals surface area contributed by atoms with Gasteiger partial charge in [-0.3, -0.25) is 19.2 Å². The number of hydrogen-bond acceptors (Lipinski definition) is 8. The molecular weight excluding hydrogens is 380 g/mol. The summed E-state index contributed by atoms with van der Waals surface area (Å²) >= 11 is 0. The van der Waals surface area contributed by atoms with Crippen molar-refractivity contribution >= 4 is 35.9 Å². The molecule has 0 bridgehead atoms. The maximum absolute atomic E-state index is 10.8. The van der Waals surface area contributed by atoms with Crippen LogP contribution in [0.15, 0.2) is 29.2 Å². The van der Waals surface area contributed by atoms with Gasteiger partial charge in [0.1, 0.15) is 0 Å². The Morgan fingerprint density at radius 2 is 1.35 bits per heavy atom. The van der Waals surface area contributed by atoms with Crippen LogP contribution in [0.5, 0.6) is 0 Å². The van der Waals surface area contributed by atoms with Gasteiger partial charge in [0.15, 0.2) is 0 Å². The van der Waals surface area contributed by atoms with Gasteiger partial charge >= 0.3 is 0 Å². The van der Waals surface area contributed by atoms with Crippen LogP contribution < -0.4 is 5.14 Å². The molecule has 0 unspecified atom stereocenters. The largest absolute Gasteiger partial charge is 0.286 e. The lowest BCUT2D eigenvalue weighted by Crippen LogP contribution is -2.12. The van der Waals surface area contributed by atoms with Gasteiger partial charge in [0, 0.05) is 12.1 Å². The molecule has 0 radical (unpaired) electrons. The number of sulfonamides is 1. The van der Waals surface area contributed by atoms with Crippen molar-refractivity contribution in [2.24, 2.45) is 5.14 Å². The molecule has 0 amide bonds. The molecule has 0 fully saturated rings. The highest BCUT2D eigenvalue weighted by Crippen LogP contribution is 2.15. The van der Waals surface area contributed by atoms with Crippen LogP contribution in [0.25, 0.3) is 0 Å². The predicted molar refractivity (Wildman–Crippen MR) is 79.4 cm³/mol. The van der Waals surface area contributed by atoms with Crippen LogP contribution in [0, 0.1) is 10.1 Å². The zero-order valence-electron chi connectivity index (χ0n) is 11.7. The fourth-order valence-electron chi connectivity index (χ4n) is 0.774. The summed E-state index contributed by atoms with van der Waals surface area (Å²) in [7, 11) is -11.2. The standard InChI is InChI=1S/C6H6N2O4S.2CH4O3S/c7-13(11,12)6-3-1-2-5(4-6)8(9)10;2*1-5(2,3)4/h1-4H,(H2,7,11,12);2*1H3,(H,2,3,4). The first-order valence-corrected chi connectivity index (χ1v) is 10.3. The van der Waals surface area contributed by atoms with E-state index in [2.05, 4.69) is 0 Å². The van der Waals surface area contributed by atoms with E-state index in [1.807, 2.05) is 0 Å². The number of nitrogens with zero attached hydrogens (tertiary/aromatic N) is 1. The molecule has 0 aliphatic heterocycles. The fourth-order valence-corrected chi connectivity index (χ4v) is 1.33. The number of non-ortho nitro benzene ring substituents is 1. The summed E-state index contributed by atoms with van der Waals surface area (Å²) in [6.45, 7) is 0. The van der Waals surface area contributed by atoms with Crippen molar-refractivity contribution in [3.8, 4) is 0 Å². The normalized spacial score (nSPS) is 11.3. The number of nitro groups is 1. The van der Waals surface area contributed by atoms with Crippen molar-refractivity contribution in [1.29, 1.82) is 0 Å². The first-order valence-electron chi connectivity index (χ1n) is 5.03. The van der Waals surface area contributed by atoms with E-state index >= 15 is 0 Å². The lowest BCUT2D eigenvalue weighted by Gasteiger charge is -1.96. The zero-order valence-corrected chi connectivity index (χ0v) is 14.2. The average molecular weight is 394 g/mol. The van der Waals surface area contributed by atoms with E-state index in [1.54, 1.807) is 0 Å². The summed E-state index contributed by atoms with van der Waals surface area (Å²) in [6.07, 6.45) is 1.43. The van der Waals surface area contributed by atoms with Gasteiger partial charge in [0.25, 0.3) is 25.9 Å². The molecule has 0 saturated heterocycles. The Hall–Kier alpha value is -1.65. The molecule has 0 aliphatic carbocycles. The van der Waals surface area contributed by atoms with Crippen LogP contribution in [0.3, 0.4) is 0 Å². The minimum atomic E-state index is -3.86. The second kappa shape index (κ2) is 8.85. The number of primary sulfonamides is 1. The third-order valence-corrected chi connectivity index (χ3v) is 2.27. The van der Waals surface area contributed by atoms with Crippen LogP contribution in [-0.2, 0) is 30.3 Å². The number of rotatable bonds is 2. The molecule has 0 heterocycles. The van der Waals surface area contributed by atoms with Crippen molar-refractivity contribution in [2.75, 3.05) is 12.5 Å². The summed E-state index contributed by atoms with van der Waals surface area (Å²) in [6, 6.07) is 4.56. The summed E-state index contributed by atoms with van der Waals surface area (Å²) in [4.78, 5) is 9.30. The molecule has 23 heavy (non-hydrogen) atoms. The minimum Gasteiger partial charge on any atom is -0.286 e. The van der Waals surface area contributed by atoms with Gasteiger partial charge in [-0.1, -0.05) is 6.07 Å². The van der Waals surface area contributed by atoms with Crippen molar-refractivity contribution in [1.82, 2.24) is 0 Å². The lowest BCUT2D eigenvalue weighted by molar-refractivity contribution is -0.385. The molecular formula is C8H14N2O10S3.